The number of hydrogen-bond acceptors (Lipinski definition) is 11. The van der Waals surface area contributed by atoms with E-state index in [1.165, 1.54) is 27.3 Å². The maximum Gasteiger partial charge on any atom is 0.408 e. The standard InChI is InChI=1S/C43H59F2N5O11S/c1-9-27(4)49(39(54)55)34-26(3)20-25(2)12-10-11-13-28-22-42(28,38(53)48-62(56,57)40(5)16-17-40)47-35(51)32-23-41(6,43(44,45)50(32)37(34)52)61-36-30-15-14-29(59-8)21-31(30)33(24-46-36)60-19-18-58-7/h11,13-15,21,24-28,32,34H,9-10,12,16-20,22-23H2,1-8H3,(H,47,51)(H,48,53)(H,54,55)/b13-11-/t25-,26+,27?,28+,32-,34-,41+,42+/m0/s1. The molecule has 2 saturated carbocycles. The zero-order valence-electron chi connectivity index (χ0n) is 36.5. The molecule has 4 amide bonds. The summed E-state index contributed by atoms with van der Waals surface area (Å²) in [7, 11) is -1.22. The first kappa shape index (κ1) is 46.7. The molecule has 3 fully saturated rings. The highest BCUT2D eigenvalue weighted by Gasteiger charge is 2.71. The van der Waals surface area contributed by atoms with Crippen LogP contribution in [-0.4, -0.2) is 120 Å². The molecular weight excluding hydrogens is 833 g/mol. The summed E-state index contributed by atoms with van der Waals surface area (Å²) in [6.45, 7) is 9.77. The van der Waals surface area contributed by atoms with Crippen LogP contribution in [0.15, 0.2) is 36.5 Å². The number of rotatable bonds is 13. The number of carboxylic acid groups (broad SMARTS) is 1. The van der Waals surface area contributed by atoms with Gasteiger partial charge < -0.3 is 29.4 Å². The van der Waals surface area contributed by atoms with Gasteiger partial charge >= 0.3 is 12.1 Å². The normalized spacial score (nSPS) is 30.4. The number of sulfonamides is 1. The molecule has 3 heterocycles. The van der Waals surface area contributed by atoms with Crippen molar-refractivity contribution < 1.29 is 60.4 Å². The molecular formula is C43H59F2N5O11S. The van der Waals surface area contributed by atoms with Gasteiger partial charge in [0.2, 0.25) is 21.8 Å². The maximum absolute atomic E-state index is 17.8. The highest BCUT2D eigenvalue weighted by atomic mass is 32.2. The van der Waals surface area contributed by atoms with E-state index in [0.717, 1.165) is 11.8 Å². The molecule has 62 heavy (non-hydrogen) atoms. The van der Waals surface area contributed by atoms with Crippen LogP contribution in [0.2, 0.25) is 0 Å². The molecule has 8 atom stereocenters. The molecule has 2 aliphatic heterocycles. The van der Waals surface area contributed by atoms with E-state index in [1.54, 1.807) is 45.0 Å². The quantitative estimate of drug-likeness (QED) is 0.127. The SMILES string of the molecule is CCC(C)N(C(=O)O)[C@@H]1C(=O)N2[C@@H](C[C@@](C)(Oc3ncc(OCCOC)c4cc(OC)ccc34)C2(F)F)C(=O)N[C@]2(C(=O)NS(=O)(=O)C3(C)CC3)C[C@H]2/C=C\CC[C@H](C)C[C@H]1C. The largest absolute Gasteiger partial charge is 0.497 e. The molecule has 1 saturated heterocycles. The van der Waals surface area contributed by atoms with Crippen LogP contribution in [0.1, 0.15) is 92.9 Å². The first-order valence-electron chi connectivity index (χ1n) is 21.2. The number of aromatic nitrogens is 1. The fourth-order valence-electron chi connectivity index (χ4n) is 8.73. The number of pyridine rings is 1. The Morgan fingerprint density at radius 3 is 2.45 bits per heavy atom. The van der Waals surface area contributed by atoms with Crippen LogP contribution in [0.4, 0.5) is 13.6 Å². The third-order valence-electron chi connectivity index (χ3n) is 13.2. The Hall–Kier alpha value is -4.78. The third kappa shape index (κ3) is 8.62. The molecule has 0 radical (unpaired) electrons. The number of ether oxygens (including phenoxy) is 4. The van der Waals surface area contributed by atoms with Gasteiger partial charge in [-0.1, -0.05) is 32.9 Å². The second-order valence-corrected chi connectivity index (χ2v) is 20.1. The van der Waals surface area contributed by atoms with Gasteiger partial charge in [-0.3, -0.25) is 28.9 Å². The molecule has 2 aliphatic carbocycles. The fraction of sp³-hybridized carbons (Fsp3) is 0.651. The second-order valence-electron chi connectivity index (χ2n) is 17.9. The lowest BCUT2D eigenvalue weighted by Gasteiger charge is -2.42. The highest BCUT2D eigenvalue weighted by molar-refractivity contribution is 7.91. The van der Waals surface area contributed by atoms with Crippen molar-refractivity contribution in [2.45, 2.75) is 133 Å². The van der Waals surface area contributed by atoms with E-state index in [0.29, 0.717) is 36.8 Å². The summed E-state index contributed by atoms with van der Waals surface area (Å²) in [4.78, 5) is 62.4. The number of benzene rings is 1. The van der Waals surface area contributed by atoms with Crippen molar-refractivity contribution in [3.8, 4) is 17.4 Å². The van der Waals surface area contributed by atoms with Crippen molar-refractivity contribution in [1.82, 2.24) is 24.8 Å². The lowest BCUT2D eigenvalue weighted by molar-refractivity contribution is -0.219. The second kappa shape index (κ2) is 17.4. The summed E-state index contributed by atoms with van der Waals surface area (Å²) in [5.74, 6) is -4.71. The molecule has 0 bridgehead atoms. The molecule has 6 rings (SSSR count). The molecule has 19 heteroatoms. The first-order valence-corrected chi connectivity index (χ1v) is 22.6. The molecule has 3 N–H and O–H groups in total. The van der Waals surface area contributed by atoms with Gasteiger partial charge in [-0.25, -0.2) is 18.2 Å². The number of amides is 4. The Labute approximate surface area is 361 Å². The topological polar surface area (TPSA) is 203 Å². The van der Waals surface area contributed by atoms with Crippen LogP contribution in [0.25, 0.3) is 10.8 Å². The number of fused-ring (bicyclic) bond motifs is 3. The number of nitrogens with one attached hydrogen (secondary N) is 2. The smallest absolute Gasteiger partial charge is 0.408 e. The zero-order valence-corrected chi connectivity index (χ0v) is 37.4. The van der Waals surface area contributed by atoms with Gasteiger partial charge in [0.1, 0.15) is 35.7 Å². The van der Waals surface area contributed by atoms with Crippen molar-refractivity contribution >= 4 is 44.6 Å². The lowest BCUT2D eigenvalue weighted by atomic mass is 9.86. The van der Waals surface area contributed by atoms with Crippen molar-refractivity contribution in [3.63, 3.8) is 0 Å². The average Bonchev–Trinajstić information content (AvgIpc) is 4.12. The number of hydrogen-bond donors (Lipinski definition) is 3. The Morgan fingerprint density at radius 1 is 1.11 bits per heavy atom. The van der Waals surface area contributed by atoms with Gasteiger partial charge in [0.15, 0.2) is 5.60 Å². The maximum atomic E-state index is 17.8. The lowest BCUT2D eigenvalue weighted by Crippen LogP contribution is -2.64. The summed E-state index contributed by atoms with van der Waals surface area (Å²) in [6, 6.07) is -4.09. The number of carbonyl (C=O) groups excluding carboxylic acids is 3. The summed E-state index contributed by atoms with van der Waals surface area (Å²) in [5.41, 5.74) is -4.55. The number of carbonyl (C=O) groups is 4. The third-order valence-corrected chi connectivity index (χ3v) is 15.4. The Morgan fingerprint density at radius 2 is 1.82 bits per heavy atom. The molecule has 2 aromatic rings. The number of halogens is 2. The predicted molar refractivity (Wildman–Crippen MR) is 223 cm³/mol. The van der Waals surface area contributed by atoms with Gasteiger partial charge in [0.25, 0.3) is 11.8 Å². The minimum absolute atomic E-state index is 0.0354. The molecule has 342 valence electrons. The van der Waals surface area contributed by atoms with Gasteiger partial charge in [-0.05, 0) is 95.8 Å². The number of alkyl halides is 2. The van der Waals surface area contributed by atoms with Gasteiger partial charge in [0.05, 0.1) is 24.7 Å². The molecule has 16 nitrogen and oxygen atoms in total. The van der Waals surface area contributed by atoms with E-state index in [9.17, 15) is 27.9 Å². The van der Waals surface area contributed by atoms with Crippen molar-refractivity contribution in [2.75, 3.05) is 27.4 Å². The van der Waals surface area contributed by atoms with E-state index in [4.69, 9.17) is 18.9 Å². The van der Waals surface area contributed by atoms with Crippen molar-refractivity contribution in [3.05, 3.63) is 36.5 Å². The average molecular weight is 892 g/mol. The van der Waals surface area contributed by atoms with Gasteiger partial charge in [-0.15, -0.1) is 0 Å². The predicted octanol–water partition coefficient (Wildman–Crippen LogP) is 5.63. The van der Waals surface area contributed by atoms with Crippen LogP contribution in [0.3, 0.4) is 0 Å². The number of methoxy groups -OCH3 is 2. The highest BCUT2D eigenvalue weighted by Crippen LogP contribution is 2.52. The number of allylic oxidation sites excluding steroid dienone is 1. The molecule has 4 aliphatic rings. The van der Waals surface area contributed by atoms with Crippen molar-refractivity contribution in [2.24, 2.45) is 17.8 Å². The monoisotopic (exact) mass is 891 g/mol. The van der Waals surface area contributed by atoms with E-state index in [-0.39, 0.29) is 60.3 Å². The van der Waals surface area contributed by atoms with Crippen LogP contribution < -0.4 is 24.2 Å². The van der Waals surface area contributed by atoms with Crippen LogP contribution in [0.5, 0.6) is 17.4 Å². The van der Waals surface area contributed by atoms with E-state index in [2.05, 4.69) is 15.0 Å². The minimum Gasteiger partial charge on any atom is -0.497 e. The number of nitrogens with zero attached hydrogens (tertiary/aromatic N) is 3. The Balaban J connectivity index is 1.48. The van der Waals surface area contributed by atoms with Gasteiger partial charge in [0, 0.05) is 36.3 Å². The Bertz CT molecular complexity index is 2210. The molecule has 1 aromatic heterocycles. The zero-order chi connectivity index (χ0) is 45.6. The molecule has 1 unspecified atom stereocenters. The first-order chi connectivity index (χ1) is 29.1. The summed E-state index contributed by atoms with van der Waals surface area (Å²) >= 11 is 0. The van der Waals surface area contributed by atoms with Crippen LogP contribution >= 0.6 is 0 Å². The van der Waals surface area contributed by atoms with E-state index >= 15 is 13.6 Å². The van der Waals surface area contributed by atoms with E-state index in [1.807, 2.05) is 13.0 Å². The van der Waals surface area contributed by atoms with Gasteiger partial charge in [-0.2, -0.15) is 8.78 Å². The minimum atomic E-state index is -4.32. The molecule has 1 aromatic carbocycles. The summed E-state index contributed by atoms with van der Waals surface area (Å²) < 4.78 is 85.7. The Kier molecular flexibility index (Phi) is 13.1. The van der Waals surface area contributed by atoms with Crippen LogP contribution in [-0.2, 0) is 29.1 Å². The fourth-order valence-corrected chi connectivity index (χ4v) is 10.0. The van der Waals surface area contributed by atoms with Crippen molar-refractivity contribution in [1.29, 1.82) is 0 Å². The summed E-state index contributed by atoms with van der Waals surface area (Å²) in [5, 5.41) is 13.9. The van der Waals surface area contributed by atoms with Crippen LogP contribution in [0, 0.1) is 17.8 Å². The molecule has 0 spiro atoms. The van der Waals surface area contributed by atoms with E-state index < -0.39 is 92.2 Å². The summed E-state index contributed by atoms with van der Waals surface area (Å²) in [6.07, 6.45) is 4.72.